The molecule has 0 aliphatic rings. The van der Waals surface area contributed by atoms with Gasteiger partial charge in [-0.15, -0.1) is 0 Å². The van der Waals surface area contributed by atoms with Crippen molar-refractivity contribution in [2.45, 2.75) is 11.9 Å². The first-order chi connectivity index (χ1) is 10.2. The van der Waals surface area contributed by atoms with Crippen LogP contribution in [0, 0.1) is 0 Å². The molecule has 0 aromatic heterocycles. The predicted molar refractivity (Wildman–Crippen MR) is 90.7 cm³/mol. The molecule has 0 aliphatic heterocycles. The van der Waals surface area contributed by atoms with E-state index in [4.69, 9.17) is 14.2 Å². The van der Waals surface area contributed by atoms with Crippen LogP contribution >= 0.6 is 31.9 Å². The molecule has 5 heteroatoms. The smallest absolute Gasteiger partial charge is 0.161 e. The maximum absolute atomic E-state index is 5.82. The van der Waals surface area contributed by atoms with Gasteiger partial charge in [0, 0.05) is 9.80 Å². The number of benzene rings is 2. The summed E-state index contributed by atoms with van der Waals surface area (Å²) < 4.78 is 17.4. The van der Waals surface area contributed by atoms with Gasteiger partial charge in [0.05, 0.1) is 14.2 Å². The Bertz CT molecular complexity index is 614. The average molecular weight is 416 g/mol. The summed E-state index contributed by atoms with van der Waals surface area (Å²) in [7, 11) is 3.25. The average Bonchev–Trinajstić information content (AvgIpc) is 2.53. The van der Waals surface area contributed by atoms with Crippen molar-refractivity contribution in [2.24, 2.45) is 0 Å². The van der Waals surface area contributed by atoms with E-state index in [9.17, 15) is 0 Å². The van der Waals surface area contributed by atoms with Crippen molar-refractivity contribution in [1.29, 1.82) is 0 Å². The summed E-state index contributed by atoms with van der Waals surface area (Å²) in [6.07, 6.45) is 0. The van der Waals surface area contributed by atoms with Crippen molar-refractivity contribution < 1.29 is 14.2 Å². The first-order valence-corrected chi connectivity index (χ1v) is 8.27. The Morgan fingerprint density at radius 2 is 1.71 bits per heavy atom. The molecule has 0 saturated heterocycles. The number of ether oxygens (including phenoxy) is 3. The zero-order chi connectivity index (χ0) is 15.2. The molecule has 112 valence electrons. The molecular weight excluding hydrogens is 400 g/mol. The highest BCUT2D eigenvalue weighted by molar-refractivity contribution is 9.10. The van der Waals surface area contributed by atoms with Gasteiger partial charge < -0.3 is 14.2 Å². The van der Waals surface area contributed by atoms with E-state index in [1.54, 1.807) is 14.2 Å². The van der Waals surface area contributed by atoms with Crippen LogP contribution in [-0.4, -0.2) is 14.2 Å². The highest BCUT2D eigenvalue weighted by Crippen LogP contribution is 2.29. The number of hydrogen-bond acceptors (Lipinski definition) is 3. The van der Waals surface area contributed by atoms with E-state index in [2.05, 4.69) is 31.9 Å². The van der Waals surface area contributed by atoms with Gasteiger partial charge in [0.15, 0.2) is 11.5 Å². The third-order valence-corrected chi connectivity index (χ3v) is 4.39. The number of halogens is 2. The molecule has 0 fully saturated rings. The van der Waals surface area contributed by atoms with E-state index in [1.807, 2.05) is 36.4 Å². The lowest BCUT2D eigenvalue weighted by Gasteiger charge is -2.11. The number of alkyl halides is 1. The Balaban J connectivity index is 2.09. The monoisotopic (exact) mass is 414 g/mol. The van der Waals surface area contributed by atoms with E-state index in [0.29, 0.717) is 18.1 Å². The van der Waals surface area contributed by atoms with Gasteiger partial charge in [-0.05, 0) is 41.5 Å². The van der Waals surface area contributed by atoms with Crippen molar-refractivity contribution in [3.05, 3.63) is 52.0 Å². The van der Waals surface area contributed by atoms with Gasteiger partial charge in [-0.25, -0.2) is 0 Å². The van der Waals surface area contributed by atoms with Gasteiger partial charge in [0.2, 0.25) is 0 Å². The van der Waals surface area contributed by atoms with Crippen molar-refractivity contribution in [2.75, 3.05) is 14.2 Å². The zero-order valence-electron chi connectivity index (χ0n) is 11.9. The second-order valence-corrected chi connectivity index (χ2v) is 5.78. The molecule has 0 aliphatic carbocycles. The van der Waals surface area contributed by atoms with Crippen LogP contribution in [0.2, 0.25) is 0 Å². The van der Waals surface area contributed by atoms with E-state index in [-0.39, 0.29) is 0 Å². The summed E-state index contributed by atoms with van der Waals surface area (Å²) in [6.45, 7) is 0.476. The van der Waals surface area contributed by atoms with Crippen LogP contribution in [0.5, 0.6) is 17.2 Å². The molecule has 0 spiro atoms. The molecule has 3 nitrogen and oxygen atoms in total. The summed E-state index contributed by atoms with van der Waals surface area (Å²) in [5, 5.41) is 0.779. The number of methoxy groups -OCH3 is 2. The Morgan fingerprint density at radius 3 is 2.38 bits per heavy atom. The van der Waals surface area contributed by atoms with E-state index in [1.165, 1.54) is 0 Å². The lowest BCUT2D eigenvalue weighted by atomic mass is 10.2. The minimum atomic E-state index is 0.476. The minimum Gasteiger partial charge on any atom is -0.493 e. The molecule has 0 unspecified atom stereocenters. The van der Waals surface area contributed by atoms with Gasteiger partial charge >= 0.3 is 0 Å². The van der Waals surface area contributed by atoms with Crippen LogP contribution in [0.4, 0.5) is 0 Å². The van der Waals surface area contributed by atoms with Gasteiger partial charge in [-0.1, -0.05) is 37.9 Å². The highest BCUT2D eigenvalue weighted by Gasteiger charge is 2.06. The fourth-order valence-electron chi connectivity index (χ4n) is 1.88. The van der Waals surface area contributed by atoms with Crippen molar-refractivity contribution in [1.82, 2.24) is 0 Å². The van der Waals surface area contributed by atoms with Crippen LogP contribution in [0.3, 0.4) is 0 Å². The predicted octanol–water partition coefficient (Wildman–Crippen LogP) is 4.94. The molecule has 2 aromatic rings. The molecule has 0 atom stereocenters. The van der Waals surface area contributed by atoms with Crippen molar-refractivity contribution in [3.63, 3.8) is 0 Å². The second-order valence-electron chi connectivity index (χ2n) is 4.36. The summed E-state index contributed by atoms with van der Waals surface area (Å²) in [4.78, 5) is 0. The summed E-state index contributed by atoms with van der Waals surface area (Å²) in [6, 6.07) is 11.7. The first-order valence-electron chi connectivity index (χ1n) is 6.36. The first kappa shape index (κ1) is 16.2. The molecule has 0 bridgehead atoms. The topological polar surface area (TPSA) is 27.7 Å². The Labute approximate surface area is 141 Å². The molecule has 21 heavy (non-hydrogen) atoms. The van der Waals surface area contributed by atoms with E-state index in [0.717, 1.165) is 26.7 Å². The van der Waals surface area contributed by atoms with Crippen LogP contribution < -0.4 is 14.2 Å². The molecule has 2 rings (SSSR count). The molecule has 0 N–H and O–H groups in total. The maximum Gasteiger partial charge on any atom is 0.161 e. The SMILES string of the molecule is COc1ccc(COc2ccc(Br)c(CBr)c2)cc1OC. The lowest BCUT2D eigenvalue weighted by molar-refractivity contribution is 0.303. The van der Waals surface area contributed by atoms with Crippen molar-refractivity contribution in [3.8, 4) is 17.2 Å². The molecule has 2 aromatic carbocycles. The van der Waals surface area contributed by atoms with Crippen LogP contribution in [0.1, 0.15) is 11.1 Å². The normalized spacial score (nSPS) is 10.3. The largest absolute Gasteiger partial charge is 0.493 e. The molecule has 0 saturated carbocycles. The molecule has 0 radical (unpaired) electrons. The van der Waals surface area contributed by atoms with Crippen LogP contribution in [-0.2, 0) is 11.9 Å². The highest BCUT2D eigenvalue weighted by atomic mass is 79.9. The summed E-state index contributed by atoms with van der Waals surface area (Å²) in [5.41, 5.74) is 2.18. The summed E-state index contributed by atoms with van der Waals surface area (Å²) >= 11 is 6.96. The molecule has 0 amide bonds. The number of hydrogen-bond donors (Lipinski definition) is 0. The van der Waals surface area contributed by atoms with Gasteiger partial charge in [-0.2, -0.15) is 0 Å². The Hall–Kier alpha value is -1.20. The zero-order valence-corrected chi connectivity index (χ0v) is 15.0. The van der Waals surface area contributed by atoms with E-state index < -0.39 is 0 Å². The Kier molecular flexibility index (Phi) is 5.94. The van der Waals surface area contributed by atoms with Gasteiger partial charge in [0.25, 0.3) is 0 Å². The van der Waals surface area contributed by atoms with Crippen LogP contribution in [0.15, 0.2) is 40.9 Å². The fraction of sp³-hybridized carbons (Fsp3) is 0.250. The molecule has 0 heterocycles. The lowest BCUT2D eigenvalue weighted by Crippen LogP contribution is -1.98. The number of rotatable bonds is 6. The van der Waals surface area contributed by atoms with Crippen LogP contribution in [0.25, 0.3) is 0 Å². The third-order valence-electron chi connectivity index (χ3n) is 3.01. The second kappa shape index (κ2) is 7.71. The molecular formula is C16H16Br2O3. The van der Waals surface area contributed by atoms with Gasteiger partial charge in [0.1, 0.15) is 12.4 Å². The van der Waals surface area contributed by atoms with Gasteiger partial charge in [-0.3, -0.25) is 0 Å². The standard InChI is InChI=1S/C16H16Br2O3/c1-19-15-6-3-11(7-16(15)20-2)10-21-13-4-5-14(18)12(8-13)9-17/h3-8H,9-10H2,1-2H3. The van der Waals surface area contributed by atoms with E-state index >= 15 is 0 Å². The third kappa shape index (κ3) is 4.14. The minimum absolute atomic E-state index is 0.476. The summed E-state index contributed by atoms with van der Waals surface area (Å²) in [5.74, 6) is 2.25. The van der Waals surface area contributed by atoms with Crippen molar-refractivity contribution >= 4 is 31.9 Å². The Morgan fingerprint density at radius 1 is 0.952 bits per heavy atom. The fourth-order valence-corrected chi connectivity index (χ4v) is 3.11. The maximum atomic E-state index is 5.82. The quantitative estimate of drug-likeness (QED) is 0.625.